The summed E-state index contributed by atoms with van der Waals surface area (Å²) in [5, 5.41) is 0.626. The van der Waals surface area contributed by atoms with E-state index in [2.05, 4.69) is 0 Å². The Bertz CT molecular complexity index is 926. The third-order valence-corrected chi connectivity index (χ3v) is 5.49. The number of halogens is 1. The van der Waals surface area contributed by atoms with Crippen molar-refractivity contribution in [1.82, 2.24) is 4.90 Å². The van der Waals surface area contributed by atoms with Crippen LogP contribution in [0.25, 0.3) is 0 Å². The quantitative estimate of drug-likeness (QED) is 0.683. The first-order valence-corrected chi connectivity index (χ1v) is 9.39. The third-order valence-electron chi connectivity index (χ3n) is 5.25. The maximum absolute atomic E-state index is 12.3. The van der Waals surface area contributed by atoms with E-state index in [4.69, 9.17) is 21.1 Å². The van der Waals surface area contributed by atoms with Crippen molar-refractivity contribution in [3.63, 3.8) is 0 Å². The van der Waals surface area contributed by atoms with E-state index in [1.54, 1.807) is 30.9 Å². The highest BCUT2D eigenvalue weighted by Crippen LogP contribution is 2.50. The van der Waals surface area contributed by atoms with Crippen LogP contribution in [0, 0.1) is 0 Å². The lowest BCUT2D eigenvalue weighted by atomic mass is 9.83. The van der Waals surface area contributed by atoms with E-state index >= 15 is 0 Å². The number of likely N-dealkylation sites (tertiary alicyclic amines) is 1. The molecule has 2 aliphatic rings. The number of fused-ring (bicyclic) bond motifs is 5. The lowest BCUT2D eigenvalue weighted by Crippen LogP contribution is -2.29. The van der Waals surface area contributed by atoms with Crippen LogP contribution >= 0.6 is 11.6 Å². The van der Waals surface area contributed by atoms with E-state index in [1.807, 2.05) is 24.3 Å². The standard InChI is InChI=1S/C21H20ClNO4/c1-3-26-21(25)23-10-17-15-8-13(12(2)24)4-6-19(15)27-20-7-5-14(22)9-16(20)18(17)11-23/h4-9,17-18H,3,10-11H2,1-2H3/t17-,18-/m1/s1. The fourth-order valence-corrected chi connectivity index (χ4v) is 4.15. The Kier molecular flexibility index (Phi) is 4.56. The molecule has 0 aliphatic carbocycles. The zero-order chi connectivity index (χ0) is 19.1. The summed E-state index contributed by atoms with van der Waals surface area (Å²) in [6, 6.07) is 11.0. The number of ether oxygens (including phenoxy) is 2. The SMILES string of the molecule is CCOC(=O)N1C[C@@H]2c3cc(Cl)ccc3Oc3ccc(C(C)=O)cc3[C@H]2C1. The van der Waals surface area contributed by atoms with Crippen LogP contribution in [-0.2, 0) is 4.74 Å². The molecule has 0 radical (unpaired) electrons. The van der Waals surface area contributed by atoms with Gasteiger partial charge in [0.15, 0.2) is 5.78 Å². The van der Waals surface area contributed by atoms with Gasteiger partial charge in [-0.05, 0) is 50.2 Å². The number of ketones is 1. The third kappa shape index (κ3) is 3.16. The molecule has 0 spiro atoms. The summed E-state index contributed by atoms with van der Waals surface area (Å²) >= 11 is 6.24. The van der Waals surface area contributed by atoms with Gasteiger partial charge in [0.05, 0.1) is 6.61 Å². The van der Waals surface area contributed by atoms with E-state index < -0.39 is 0 Å². The van der Waals surface area contributed by atoms with Crippen LogP contribution in [0.5, 0.6) is 11.5 Å². The number of amides is 1. The number of rotatable bonds is 2. The summed E-state index contributed by atoms with van der Waals surface area (Å²) in [7, 11) is 0. The molecule has 2 aliphatic heterocycles. The first-order chi connectivity index (χ1) is 13.0. The monoisotopic (exact) mass is 385 g/mol. The van der Waals surface area contributed by atoms with Gasteiger partial charge in [0, 0.05) is 46.6 Å². The van der Waals surface area contributed by atoms with Gasteiger partial charge in [-0.2, -0.15) is 0 Å². The molecule has 0 bridgehead atoms. The summed E-state index contributed by atoms with van der Waals surface area (Å²) in [6.45, 7) is 4.70. The van der Waals surface area contributed by atoms with E-state index in [9.17, 15) is 9.59 Å². The zero-order valence-corrected chi connectivity index (χ0v) is 16.0. The Morgan fingerprint density at radius 2 is 1.74 bits per heavy atom. The normalized spacial score (nSPS) is 20.0. The molecule has 0 unspecified atom stereocenters. The Morgan fingerprint density at radius 1 is 1.11 bits per heavy atom. The Hall–Kier alpha value is -2.53. The second-order valence-corrected chi connectivity index (χ2v) is 7.35. The van der Waals surface area contributed by atoms with E-state index in [0.717, 1.165) is 16.9 Å². The van der Waals surface area contributed by atoms with Gasteiger partial charge in [0.2, 0.25) is 0 Å². The molecule has 2 atom stereocenters. The van der Waals surface area contributed by atoms with E-state index in [0.29, 0.717) is 36.0 Å². The molecule has 0 saturated carbocycles. The van der Waals surface area contributed by atoms with Crippen molar-refractivity contribution < 1.29 is 19.1 Å². The predicted octanol–water partition coefficient (Wildman–Crippen LogP) is 4.99. The smallest absolute Gasteiger partial charge is 0.409 e. The molecule has 1 amide bonds. The molecular formula is C21H20ClNO4. The van der Waals surface area contributed by atoms with Crippen molar-refractivity contribution in [2.75, 3.05) is 19.7 Å². The topological polar surface area (TPSA) is 55.8 Å². The molecule has 1 saturated heterocycles. The molecule has 5 nitrogen and oxygen atoms in total. The Morgan fingerprint density at radius 3 is 2.37 bits per heavy atom. The number of carbonyl (C=O) groups is 2. The van der Waals surface area contributed by atoms with Crippen molar-refractivity contribution >= 4 is 23.5 Å². The van der Waals surface area contributed by atoms with Crippen molar-refractivity contribution in [1.29, 1.82) is 0 Å². The van der Waals surface area contributed by atoms with Gasteiger partial charge in [0.25, 0.3) is 0 Å². The maximum atomic E-state index is 12.3. The number of hydrogen-bond acceptors (Lipinski definition) is 4. The lowest BCUT2D eigenvalue weighted by molar-refractivity contribution is 0.101. The minimum atomic E-state index is -0.320. The number of Topliss-reactive ketones (excluding diaryl/α,β-unsaturated/α-hetero) is 1. The fourth-order valence-electron chi connectivity index (χ4n) is 3.97. The number of hydrogen-bond donors (Lipinski definition) is 0. The molecule has 2 aromatic rings. The highest BCUT2D eigenvalue weighted by Gasteiger charge is 2.42. The van der Waals surface area contributed by atoms with Gasteiger partial charge in [-0.1, -0.05) is 11.6 Å². The molecule has 0 N–H and O–H groups in total. The molecular weight excluding hydrogens is 366 g/mol. The van der Waals surface area contributed by atoms with Crippen molar-refractivity contribution in [2.45, 2.75) is 25.7 Å². The van der Waals surface area contributed by atoms with Crippen LogP contribution in [0.2, 0.25) is 5.02 Å². The van der Waals surface area contributed by atoms with Crippen molar-refractivity contribution in [2.24, 2.45) is 0 Å². The Balaban J connectivity index is 1.83. The minimum Gasteiger partial charge on any atom is -0.457 e. The second-order valence-electron chi connectivity index (χ2n) is 6.91. The van der Waals surface area contributed by atoms with Gasteiger partial charge >= 0.3 is 6.09 Å². The summed E-state index contributed by atoms with van der Waals surface area (Å²) in [4.78, 5) is 25.9. The van der Waals surface area contributed by atoms with Crippen LogP contribution in [-0.4, -0.2) is 36.5 Å². The van der Waals surface area contributed by atoms with Crippen molar-refractivity contribution in [3.8, 4) is 11.5 Å². The average molecular weight is 386 g/mol. The van der Waals surface area contributed by atoms with Crippen LogP contribution < -0.4 is 4.74 Å². The van der Waals surface area contributed by atoms with Gasteiger partial charge in [-0.15, -0.1) is 0 Å². The molecule has 2 heterocycles. The number of carbonyl (C=O) groups excluding carboxylic acids is 2. The summed E-state index contributed by atoms with van der Waals surface area (Å²) in [6.07, 6.45) is -0.320. The molecule has 0 aromatic heterocycles. The molecule has 140 valence electrons. The Labute approximate surface area is 162 Å². The minimum absolute atomic E-state index is 0.000554. The predicted molar refractivity (Wildman–Crippen MR) is 102 cm³/mol. The van der Waals surface area contributed by atoms with Crippen LogP contribution in [0.15, 0.2) is 36.4 Å². The maximum Gasteiger partial charge on any atom is 0.409 e. The zero-order valence-electron chi connectivity index (χ0n) is 15.2. The molecule has 4 rings (SSSR count). The first kappa shape index (κ1) is 17.9. The van der Waals surface area contributed by atoms with E-state index in [-0.39, 0.29) is 23.7 Å². The van der Waals surface area contributed by atoms with Gasteiger partial charge < -0.3 is 14.4 Å². The summed E-state index contributed by atoms with van der Waals surface area (Å²) in [5.41, 5.74) is 2.54. The molecule has 2 aromatic carbocycles. The second kappa shape index (κ2) is 6.89. The average Bonchev–Trinajstić information content (AvgIpc) is 3.04. The van der Waals surface area contributed by atoms with Gasteiger partial charge in [0.1, 0.15) is 11.5 Å². The highest BCUT2D eigenvalue weighted by atomic mass is 35.5. The van der Waals surface area contributed by atoms with Crippen molar-refractivity contribution in [3.05, 3.63) is 58.1 Å². The van der Waals surface area contributed by atoms with E-state index in [1.165, 1.54) is 0 Å². The first-order valence-electron chi connectivity index (χ1n) is 9.01. The number of nitrogens with zero attached hydrogens (tertiary/aromatic N) is 1. The molecule has 1 fully saturated rings. The lowest BCUT2D eigenvalue weighted by Gasteiger charge is -2.17. The van der Waals surface area contributed by atoms with Gasteiger partial charge in [-0.25, -0.2) is 4.79 Å². The molecule has 27 heavy (non-hydrogen) atoms. The van der Waals surface area contributed by atoms with Gasteiger partial charge in [-0.3, -0.25) is 4.79 Å². The van der Waals surface area contributed by atoms with Crippen LogP contribution in [0.4, 0.5) is 4.79 Å². The fraction of sp³-hybridized carbons (Fsp3) is 0.333. The van der Waals surface area contributed by atoms with Crippen LogP contribution in [0.1, 0.15) is 47.2 Å². The summed E-state index contributed by atoms with van der Waals surface area (Å²) in [5.74, 6) is 1.46. The van der Waals surface area contributed by atoms with Crippen LogP contribution in [0.3, 0.4) is 0 Å². The highest BCUT2D eigenvalue weighted by molar-refractivity contribution is 6.30. The largest absolute Gasteiger partial charge is 0.457 e. The summed E-state index contributed by atoms with van der Waals surface area (Å²) < 4.78 is 11.4. The molecule has 6 heteroatoms. The number of benzene rings is 2.